The van der Waals surface area contributed by atoms with E-state index < -0.39 is 169 Å². The fourth-order valence-corrected chi connectivity index (χ4v) is 13.7. The molecule has 0 bridgehead atoms. The smallest absolute Gasteiger partial charge is 0.302 e. The van der Waals surface area contributed by atoms with Crippen LogP contribution in [0.5, 0.6) is 0 Å². The quantitative estimate of drug-likeness (QED) is 0.0808. The van der Waals surface area contributed by atoms with Crippen molar-refractivity contribution in [3.8, 4) is 0 Å². The van der Waals surface area contributed by atoms with Crippen LogP contribution in [0.2, 0.25) is 0 Å². The Morgan fingerprint density at radius 1 is 0.690 bits per heavy atom. The summed E-state index contributed by atoms with van der Waals surface area (Å²) in [4.78, 5) is 25.5. The minimum Gasteiger partial charge on any atom is -0.462 e. The van der Waals surface area contributed by atoms with E-state index in [-0.39, 0.29) is 44.9 Å². The molecular formula is C49H78O22. The van der Waals surface area contributed by atoms with Gasteiger partial charge in [0.25, 0.3) is 0 Å². The summed E-state index contributed by atoms with van der Waals surface area (Å²) in [5, 5.41) is 90.2. The summed E-state index contributed by atoms with van der Waals surface area (Å²) in [6.45, 7) is 8.78. The third-order valence-corrected chi connectivity index (χ3v) is 17.8. The molecule has 406 valence electrons. The van der Waals surface area contributed by atoms with Crippen molar-refractivity contribution in [3.05, 3.63) is 11.6 Å². The summed E-state index contributed by atoms with van der Waals surface area (Å²) in [7, 11) is 4.66. The molecule has 4 saturated heterocycles. The topological polar surface area (TPSA) is 307 Å². The highest BCUT2D eigenvalue weighted by molar-refractivity contribution is 5.87. The Morgan fingerprint density at radius 3 is 1.70 bits per heavy atom. The Balaban J connectivity index is 0.863. The highest BCUT2D eigenvalue weighted by Gasteiger charge is 2.82. The zero-order valence-corrected chi connectivity index (χ0v) is 42.2. The van der Waals surface area contributed by atoms with E-state index in [4.69, 9.17) is 56.8 Å². The number of carbonyl (C=O) groups is 2. The minimum atomic E-state index is -2.08. The molecule has 3 saturated carbocycles. The van der Waals surface area contributed by atoms with Crippen molar-refractivity contribution in [2.45, 2.75) is 245 Å². The number of aliphatic hydroxyl groups excluding tert-OH is 4. The lowest BCUT2D eigenvalue weighted by atomic mass is 9.44. The summed E-state index contributed by atoms with van der Waals surface area (Å²) >= 11 is 0. The number of methoxy groups -OCH3 is 3. The molecule has 22 nitrogen and oxygen atoms in total. The first kappa shape index (κ1) is 55.4. The molecule has 22 heteroatoms. The van der Waals surface area contributed by atoms with Gasteiger partial charge in [-0.1, -0.05) is 6.08 Å². The lowest BCUT2D eigenvalue weighted by Gasteiger charge is -2.66. The van der Waals surface area contributed by atoms with Gasteiger partial charge in [-0.2, -0.15) is 0 Å². The van der Waals surface area contributed by atoms with Crippen LogP contribution >= 0.6 is 0 Å². The number of hydrogen-bond donors (Lipinski definition) is 8. The molecule has 4 heterocycles. The van der Waals surface area contributed by atoms with Crippen LogP contribution in [0, 0.1) is 11.3 Å². The van der Waals surface area contributed by atoms with E-state index in [0.717, 1.165) is 0 Å². The number of fused-ring (bicyclic) bond motifs is 5. The van der Waals surface area contributed by atoms with Crippen molar-refractivity contribution in [1.82, 2.24) is 0 Å². The normalized spacial score (nSPS) is 52.2. The van der Waals surface area contributed by atoms with Crippen molar-refractivity contribution in [3.63, 3.8) is 0 Å². The first-order valence-electron chi connectivity index (χ1n) is 25.2. The third-order valence-electron chi connectivity index (χ3n) is 17.8. The van der Waals surface area contributed by atoms with E-state index >= 15 is 0 Å². The van der Waals surface area contributed by atoms with Crippen LogP contribution < -0.4 is 0 Å². The van der Waals surface area contributed by atoms with Gasteiger partial charge in [-0.25, -0.2) is 0 Å². The summed E-state index contributed by atoms with van der Waals surface area (Å²) in [6, 6.07) is 0. The number of esters is 1. The zero-order valence-electron chi connectivity index (χ0n) is 42.2. The van der Waals surface area contributed by atoms with Gasteiger partial charge in [0, 0.05) is 53.4 Å². The van der Waals surface area contributed by atoms with Gasteiger partial charge in [-0.15, -0.1) is 0 Å². The summed E-state index contributed by atoms with van der Waals surface area (Å²) in [5.41, 5.74) is -8.86. The summed E-state index contributed by atoms with van der Waals surface area (Å²) in [6.07, 6.45) is -13.4. The summed E-state index contributed by atoms with van der Waals surface area (Å²) in [5.74, 6) is -2.27. The second-order valence-electron chi connectivity index (χ2n) is 21.5. The SMILES string of the molecule is CO[C@H]1C[C@H](O[C@H]2CC[C@@]3(O)C(=CC[C@]4(O)C3C[C@@H](OC(C)=O)[C@@]3(C)[C@]4(O)CC[C@@]3(O)C(C)=O)C2)O[C@H](C)[C@H]1O[C@H]1C[C@H](OC)[C@H](O[C@H]2C[C@H](OC)[C@H](O[C@@H]3O[C@H](CO)[C@@H](O)[C@H](O)[C@H]3O)[C@@H](C)O2)[C@@H](C)O1. The van der Waals surface area contributed by atoms with Gasteiger partial charge in [-0.05, 0) is 85.1 Å². The van der Waals surface area contributed by atoms with Gasteiger partial charge < -0.3 is 97.7 Å². The predicted octanol–water partition coefficient (Wildman–Crippen LogP) is -0.444. The number of hydrogen-bond acceptors (Lipinski definition) is 22. The van der Waals surface area contributed by atoms with Gasteiger partial charge in [0.15, 0.2) is 30.9 Å². The molecule has 8 N–H and O–H groups in total. The molecule has 71 heavy (non-hydrogen) atoms. The van der Waals surface area contributed by atoms with E-state index in [0.29, 0.717) is 24.8 Å². The Labute approximate surface area is 414 Å². The van der Waals surface area contributed by atoms with E-state index in [9.17, 15) is 50.4 Å². The van der Waals surface area contributed by atoms with Crippen molar-refractivity contribution >= 4 is 11.8 Å². The van der Waals surface area contributed by atoms with Crippen molar-refractivity contribution in [1.29, 1.82) is 0 Å². The number of Topliss-reactive ketones (excluding diaryl/α,β-unsaturated/α-hetero) is 1. The molecule has 0 aromatic heterocycles. The highest BCUT2D eigenvalue weighted by Crippen LogP contribution is 2.69. The molecule has 4 aliphatic heterocycles. The number of ketones is 1. The fourth-order valence-electron chi connectivity index (χ4n) is 13.7. The monoisotopic (exact) mass is 1020 g/mol. The maximum Gasteiger partial charge on any atom is 0.302 e. The first-order chi connectivity index (χ1) is 33.4. The van der Waals surface area contributed by atoms with Crippen molar-refractivity contribution in [2.75, 3.05) is 27.9 Å². The highest BCUT2D eigenvalue weighted by atomic mass is 16.8. The first-order valence-corrected chi connectivity index (χ1v) is 25.2. The third kappa shape index (κ3) is 9.39. The molecule has 0 aromatic carbocycles. The Hall–Kier alpha value is -1.88. The van der Waals surface area contributed by atoms with Gasteiger partial charge in [0.2, 0.25) is 0 Å². The maximum atomic E-state index is 13.0. The van der Waals surface area contributed by atoms with Crippen LogP contribution in [0.25, 0.3) is 0 Å². The standard InChI is InChI=1S/C49H78O22/c1-22-41(69-36-18-30(61-8)42(23(2)64-36)70-37-19-31(62-9)43(24(3)65-37)71-44-40(55)39(54)38(53)32(21-50)68-44)29(60-7)17-35(63-22)67-28-11-12-46(56)27(16-28)10-13-48(58)33(46)20-34(66-26(5)52)45(6)47(57,25(4)51)14-15-49(45,48)59/h10,22-24,28-44,50,53-59H,11-21H2,1-9H3/t22-,23-,24-,28+,29+,30+,31+,32-,33?,34-,35+,36+,37+,38-,39+,40-,41-,42-,43-,44+,45-,46-,47-,48+,49-/m1/s1. The molecule has 7 fully saturated rings. The largest absolute Gasteiger partial charge is 0.462 e. The number of ether oxygens (including phenoxy) is 12. The minimum absolute atomic E-state index is 0.0653. The molecule has 8 rings (SSSR count). The van der Waals surface area contributed by atoms with Gasteiger partial charge in [-0.3, -0.25) is 9.59 Å². The van der Waals surface area contributed by atoms with Crippen LogP contribution in [0.1, 0.15) is 106 Å². The predicted molar refractivity (Wildman–Crippen MR) is 241 cm³/mol. The zero-order chi connectivity index (χ0) is 51.7. The van der Waals surface area contributed by atoms with Crippen molar-refractivity contribution in [2.24, 2.45) is 11.3 Å². The van der Waals surface area contributed by atoms with E-state index in [2.05, 4.69) is 0 Å². The van der Waals surface area contributed by atoms with E-state index in [1.54, 1.807) is 27.2 Å². The summed E-state index contributed by atoms with van der Waals surface area (Å²) < 4.78 is 73.8. The van der Waals surface area contributed by atoms with E-state index in [1.807, 2.05) is 13.8 Å². The molecule has 0 radical (unpaired) electrons. The second kappa shape index (κ2) is 20.9. The fraction of sp³-hybridized carbons (Fsp3) is 0.918. The van der Waals surface area contributed by atoms with Crippen LogP contribution in [0.4, 0.5) is 0 Å². The van der Waals surface area contributed by atoms with Crippen LogP contribution in [0.15, 0.2) is 11.6 Å². The second-order valence-corrected chi connectivity index (χ2v) is 21.5. The Kier molecular flexibility index (Phi) is 16.3. The van der Waals surface area contributed by atoms with Gasteiger partial charge >= 0.3 is 5.97 Å². The van der Waals surface area contributed by atoms with Crippen LogP contribution in [-0.4, -0.2) is 220 Å². The molecule has 0 spiro atoms. The molecule has 8 aliphatic rings. The van der Waals surface area contributed by atoms with Gasteiger partial charge in [0.05, 0.1) is 60.4 Å². The molecular weight excluding hydrogens is 941 g/mol. The van der Waals surface area contributed by atoms with E-state index in [1.165, 1.54) is 27.9 Å². The molecule has 25 atom stereocenters. The maximum absolute atomic E-state index is 13.0. The number of aliphatic hydroxyl groups is 8. The average molecular weight is 1020 g/mol. The Morgan fingerprint density at radius 2 is 1.21 bits per heavy atom. The van der Waals surface area contributed by atoms with Crippen LogP contribution in [0.3, 0.4) is 0 Å². The lowest BCUT2D eigenvalue weighted by molar-refractivity contribution is -0.357. The molecule has 4 aliphatic carbocycles. The van der Waals surface area contributed by atoms with Crippen LogP contribution in [-0.2, 0) is 66.4 Å². The molecule has 0 amide bonds. The van der Waals surface area contributed by atoms with Crippen molar-refractivity contribution < 1.29 is 107 Å². The van der Waals surface area contributed by atoms with Gasteiger partial charge in [0.1, 0.15) is 65.6 Å². The number of rotatable bonds is 14. The lowest BCUT2D eigenvalue weighted by Crippen LogP contribution is -2.79. The molecule has 1 unspecified atom stereocenters. The Bertz CT molecular complexity index is 1920. The average Bonchev–Trinajstić information content (AvgIpc) is 3.56. The number of carbonyl (C=O) groups excluding carboxylic acids is 2. The molecule has 0 aromatic rings.